The Morgan fingerprint density at radius 3 is 2.72 bits per heavy atom. The van der Waals surface area contributed by atoms with Gasteiger partial charge in [0.2, 0.25) is 0 Å². The van der Waals surface area contributed by atoms with Crippen molar-refractivity contribution in [2.24, 2.45) is 5.41 Å². The van der Waals surface area contributed by atoms with Crippen LogP contribution in [0.15, 0.2) is 22.7 Å². The number of benzene rings is 1. The number of piperazine rings is 1. The van der Waals surface area contributed by atoms with Crippen molar-refractivity contribution in [2.45, 2.75) is 33.7 Å². The van der Waals surface area contributed by atoms with Crippen molar-refractivity contribution in [3.63, 3.8) is 0 Å². The largest absolute Gasteiger partial charge is 0.368 e. The predicted molar refractivity (Wildman–Crippen MR) is 82.3 cm³/mol. The molecule has 1 aromatic carbocycles. The average Bonchev–Trinajstić information content (AvgIpc) is 2.32. The Morgan fingerprint density at radius 1 is 1.33 bits per heavy atom. The second-order valence-electron chi connectivity index (χ2n) is 6.23. The topological polar surface area (TPSA) is 15.3 Å². The highest BCUT2D eigenvalue weighted by molar-refractivity contribution is 9.10. The Kier molecular flexibility index (Phi) is 4.02. The summed E-state index contributed by atoms with van der Waals surface area (Å²) in [5.41, 5.74) is 2.93. The minimum absolute atomic E-state index is 0.301. The number of halogens is 1. The van der Waals surface area contributed by atoms with Gasteiger partial charge in [0.1, 0.15) is 0 Å². The van der Waals surface area contributed by atoms with E-state index in [2.05, 4.69) is 72.0 Å². The molecule has 1 N–H and O–H groups in total. The summed E-state index contributed by atoms with van der Waals surface area (Å²) < 4.78 is 1.24. The number of hydrogen-bond donors (Lipinski definition) is 1. The maximum Gasteiger partial charge on any atom is 0.0514 e. The highest BCUT2D eigenvalue weighted by Gasteiger charge is 2.29. The fourth-order valence-electron chi connectivity index (χ4n) is 2.42. The van der Waals surface area contributed by atoms with Crippen molar-refractivity contribution < 1.29 is 0 Å². The zero-order valence-electron chi connectivity index (χ0n) is 11.8. The van der Waals surface area contributed by atoms with Crippen LogP contribution in [0.2, 0.25) is 0 Å². The Balaban J connectivity index is 2.21. The molecule has 18 heavy (non-hydrogen) atoms. The third-order valence-corrected chi connectivity index (χ3v) is 4.76. The summed E-state index contributed by atoms with van der Waals surface area (Å²) in [5, 5.41) is 3.64. The predicted octanol–water partition coefficient (Wildman–Crippen LogP) is 3.58. The third-order valence-electron chi connectivity index (χ3n) is 3.73. The maximum absolute atomic E-state index is 3.72. The fraction of sp³-hybridized carbons (Fsp3) is 0.600. The lowest BCUT2D eigenvalue weighted by Crippen LogP contribution is -2.56. The minimum Gasteiger partial charge on any atom is -0.368 e. The summed E-state index contributed by atoms with van der Waals surface area (Å²) in [5.74, 6) is 0. The van der Waals surface area contributed by atoms with Crippen LogP contribution in [0.1, 0.15) is 26.3 Å². The van der Waals surface area contributed by atoms with Gasteiger partial charge in [-0.25, -0.2) is 0 Å². The monoisotopic (exact) mass is 310 g/mol. The van der Waals surface area contributed by atoms with Crippen molar-refractivity contribution >= 4 is 21.6 Å². The number of nitrogens with one attached hydrogen (secondary N) is 1. The van der Waals surface area contributed by atoms with E-state index >= 15 is 0 Å². The second-order valence-corrected chi connectivity index (χ2v) is 7.02. The van der Waals surface area contributed by atoms with Gasteiger partial charge in [-0.3, -0.25) is 0 Å². The molecular formula is C15H23BrN2. The first-order chi connectivity index (χ1) is 8.39. The molecule has 1 atom stereocenters. The van der Waals surface area contributed by atoms with E-state index in [0.717, 1.165) is 19.6 Å². The van der Waals surface area contributed by atoms with Gasteiger partial charge < -0.3 is 10.2 Å². The van der Waals surface area contributed by atoms with Crippen LogP contribution in [0.25, 0.3) is 0 Å². The second kappa shape index (κ2) is 5.22. The van der Waals surface area contributed by atoms with Gasteiger partial charge in [0.25, 0.3) is 0 Å². The van der Waals surface area contributed by atoms with E-state index in [9.17, 15) is 0 Å². The molecule has 0 amide bonds. The Hall–Kier alpha value is -0.540. The molecule has 0 radical (unpaired) electrons. The van der Waals surface area contributed by atoms with E-state index in [1.165, 1.54) is 15.7 Å². The van der Waals surface area contributed by atoms with Crippen LogP contribution in [-0.4, -0.2) is 25.7 Å². The SMILES string of the molecule is Cc1cccc(N2CCNC(C(C)(C)C)C2)c1Br. The summed E-state index contributed by atoms with van der Waals surface area (Å²) in [6.45, 7) is 12.3. The lowest BCUT2D eigenvalue weighted by atomic mass is 9.85. The smallest absolute Gasteiger partial charge is 0.0514 e. The quantitative estimate of drug-likeness (QED) is 0.853. The molecule has 0 saturated carbocycles. The Morgan fingerprint density at radius 2 is 2.06 bits per heavy atom. The van der Waals surface area contributed by atoms with Crippen LogP contribution in [0.5, 0.6) is 0 Å². The lowest BCUT2D eigenvalue weighted by molar-refractivity contribution is 0.254. The van der Waals surface area contributed by atoms with Gasteiger partial charge in [-0.1, -0.05) is 32.9 Å². The van der Waals surface area contributed by atoms with E-state index in [4.69, 9.17) is 0 Å². The normalized spacial score (nSPS) is 21.2. The molecule has 1 aliphatic rings. The van der Waals surface area contributed by atoms with Gasteiger partial charge in [-0.05, 0) is 39.9 Å². The molecule has 1 unspecified atom stereocenters. The van der Waals surface area contributed by atoms with Gasteiger partial charge >= 0.3 is 0 Å². The number of anilines is 1. The minimum atomic E-state index is 0.301. The van der Waals surface area contributed by atoms with Crippen molar-refractivity contribution in [3.05, 3.63) is 28.2 Å². The summed E-state index contributed by atoms with van der Waals surface area (Å²) in [7, 11) is 0. The summed E-state index contributed by atoms with van der Waals surface area (Å²) in [4.78, 5) is 2.49. The standard InChI is InChI=1S/C15H23BrN2/c1-11-6-5-7-12(14(11)16)18-9-8-17-13(10-18)15(2,3)4/h5-7,13,17H,8-10H2,1-4H3. The summed E-state index contributed by atoms with van der Waals surface area (Å²) in [6.07, 6.45) is 0. The van der Waals surface area contributed by atoms with Gasteiger partial charge in [0.15, 0.2) is 0 Å². The molecule has 1 aliphatic heterocycles. The number of nitrogens with zero attached hydrogens (tertiary/aromatic N) is 1. The molecule has 1 aromatic rings. The molecule has 2 nitrogen and oxygen atoms in total. The van der Waals surface area contributed by atoms with Crippen LogP contribution < -0.4 is 10.2 Å². The highest BCUT2D eigenvalue weighted by Crippen LogP contribution is 2.31. The molecule has 0 aliphatic carbocycles. The Labute approximate surface area is 119 Å². The fourth-order valence-corrected chi connectivity index (χ4v) is 2.94. The van der Waals surface area contributed by atoms with Crippen LogP contribution in [0.4, 0.5) is 5.69 Å². The first-order valence-electron chi connectivity index (χ1n) is 6.63. The van der Waals surface area contributed by atoms with Gasteiger partial charge in [0, 0.05) is 30.1 Å². The van der Waals surface area contributed by atoms with E-state index in [1.54, 1.807) is 0 Å². The molecule has 0 aromatic heterocycles. The molecule has 1 fully saturated rings. The zero-order valence-corrected chi connectivity index (χ0v) is 13.3. The van der Waals surface area contributed by atoms with Crippen LogP contribution in [0.3, 0.4) is 0 Å². The van der Waals surface area contributed by atoms with Crippen molar-refractivity contribution in [1.82, 2.24) is 5.32 Å². The summed E-state index contributed by atoms with van der Waals surface area (Å²) in [6, 6.07) is 7.04. The van der Waals surface area contributed by atoms with Gasteiger partial charge in [-0.15, -0.1) is 0 Å². The zero-order chi connectivity index (χ0) is 13.3. The van der Waals surface area contributed by atoms with Crippen molar-refractivity contribution in [1.29, 1.82) is 0 Å². The molecule has 3 heteroatoms. The molecule has 1 saturated heterocycles. The van der Waals surface area contributed by atoms with Gasteiger partial charge in [0.05, 0.1) is 5.69 Å². The van der Waals surface area contributed by atoms with E-state index in [-0.39, 0.29) is 0 Å². The molecular weight excluding hydrogens is 288 g/mol. The lowest BCUT2D eigenvalue weighted by Gasteiger charge is -2.42. The van der Waals surface area contributed by atoms with Crippen molar-refractivity contribution in [2.75, 3.05) is 24.5 Å². The molecule has 0 spiro atoms. The Bertz CT molecular complexity index is 423. The van der Waals surface area contributed by atoms with Crippen molar-refractivity contribution in [3.8, 4) is 0 Å². The van der Waals surface area contributed by atoms with E-state index in [0.29, 0.717) is 11.5 Å². The van der Waals surface area contributed by atoms with E-state index in [1.807, 2.05) is 0 Å². The maximum atomic E-state index is 3.72. The van der Waals surface area contributed by atoms with Crippen LogP contribution >= 0.6 is 15.9 Å². The van der Waals surface area contributed by atoms with Crippen LogP contribution in [-0.2, 0) is 0 Å². The first-order valence-corrected chi connectivity index (χ1v) is 7.42. The first kappa shape index (κ1) is 13.9. The number of hydrogen-bond acceptors (Lipinski definition) is 2. The average molecular weight is 311 g/mol. The highest BCUT2D eigenvalue weighted by atomic mass is 79.9. The molecule has 100 valence electrons. The molecule has 1 heterocycles. The number of aryl methyl sites for hydroxylation is 1. The summed E-state index contributed by atoms with van der Waals surface area (Å²) >= 11 is 3.72. The van der Waals surface area contributed by atoms with Crippen LogP contribution in [0, 0.1) is 12.3 Å². The van der Waals surface area contributed by atoms with E-state index < -0.39 is 0 Å². The molecule has 2 rings (SSSR count). The van der Waals surface area contributed by atoms with Gasteiger partial charge in [-0.2, -0.15) is 0 Å². The third kappa shape index (κ3) is 2.89. The molecule has 0 bridgehead atoms. The number of rotatable bonds is 1.